The number of nitrogens with one attached hydrogen (secondary N) is 1. The van der Waals surface area contributed by atoms with Crippen LogP contribution in [0.2, 0.25) is 0 Å². The van der Waals surface area contributed by atoms with E-state index in [1.165, 1.54) is 0 Å². The molecule has 2 unspecified atom stereocenters. The maximum atomic E-state index is 11.5. The zero-order chi connectivity index (χ0) is 10.6. The summed E-state index contributed by atoms with van der Waals surface area (Å²) in [6.45, 7) is 4.11. The molecule has 4 nitrogen and oxygen atoms in total. The number of amides is 1. The van der Waals surface area contributed by atoms with Gasteiger partial charge in [0, 0.05) is 41.9 Å². The second-order valence-electron chi connectivity index (χ2n) is 3.68. The molecule has 0 saturated carbocycles. The van der Waals surface area contributed by atoms with Gasteiger partial charge < -0.3 is 10.2 Å². The first-order chi connectivity index (χ1) is 6.61. The van der Waals surface area contributed by atoms with Crippen LogP contribution in [0.15, 0.2) is 0 Å². The summed E-state index contributed by atoms with van der Waals surface area (Å²) in [4.78, 5) is 13.3. The van der Waals surface area contributed by atoms with E-state index in [9.17, 15) is 9.00 Å². The largest absolute Gasteiger partial charge is 0.338 e. The molecule has 0 aromatic rings. The Balaban J connectivity index is 2.38. The second-order valence-corrected chi connectivity index (χ2v) is 5.23. The van der Waals surface area contributed by atoms with Crippen LogP contribution in [0.5, 0.6) is 0 Å². The van der Waals surface area contributed by atoms with Crippen LogP contribution in [0.4, 0.5) is 0 Å². The van der Waals surface area contributed by atoms with E-state index in [-0.39, 0.29) is 11.9 Å². The molecule has 0 aromatic heterocycles. The first-order valence-corrected chi connectivity index (χ1v) is 6.64. The Morgan fingerprint density at radius 2 is 2.36 bits per heavy atom. The normalized spacial score (nSPS) is 22.1. The van der Waals surface area contributed by atoms with E-state index >= 15 is 0 Å². The second kappa shape index (κ2) is 5.46. The summed E-state index contributed by atoms with van der Waals surface area (Å²) in [5.41, 5.74) is 0. The fourth-order valence-electron chi connectivity index (χ4n) is 1.58. The predicted octanol–water partition coefficient (Wildman–Crippen LogP) is -0.425. The molecular weight excluding hydrogens is 200 g/mol. The molecule has 1 saturated heterocycles. The van der Waals surface area contributed by atoms with Crippen molar-refractivity contribution in [1.82, 2.24) is 10.2 Å². The minimum absolute atomic E-state index is 0.158. The lowest BCUT2D eigenvalue weighted by Crippen LogP contribution is -2.51. The summed E-state index contributed by atoms with van der Waals surface area (Å²) in [6.07, 6.45) is 2.53. The van der Waals surface area contributed by atoms with Crippen molar-refractivity contribution in [1.29, 1.82) is 0 Å². The van der Waals surface area contributed by atoms with Crippen LogP contribution < -0.4 is 5.32 Å². The van der Waals surface area contributed by atoms with Crippen molar-refractivity contribution in [3.8, 4) is 0 Å². The van der Waals surface area contributed by atoms with Gasteiger partial charge in [0.1, 0.15) is 0 Å². The Hall–Kier alpha value is -0.420. The van der Waals surface area contributed by atoms with Gasteiger partial charge in [0.2, 0.25) is 5.91 Å². The molecular formula is C9H18N2O2S. The Morgan fingerprint density at radius 3 is 2.93 bits per heavy atom. The Labute approximate surface area is 87.5 Å². The summed E-state index contributed by atoms with van der Waals surface area (Å²) in [7, 11) is -0.755. The molecule has 1 aliphatic heterocycles. The van der Waals surface area contributed by atoms with Crippen molar-refractivity contribution in [2.24, 2.45) is 0 Å². The van der Waals surface area contributed by atoms with Crippen LogP contribution in [0, 0.1) is 0 Å². The van der Waals surface area contributed by atoms with E-state index in [2.05, 4.69) is 5.32 Å². The van der Waals surface area contributed by atoms with E-state index < -0.39 is 10.8 Å². The van der Waals surface area contributed by atoms with Crippen LogP contribution in [-0.4, -0.2) is 52.7 Å². The third kappa shape index (κ3) is 3.38. The van der Waals surface area contributed by atoms with Crippen molar-refractivity contribution < 1.29 is 9.00 Å². The summed E-state index contributed by atoms with van der Waals surface area (Å²) >= 11 is 0. The molecule has 0 bridgehead atoms. The molecule has 5 heteroatoms. The van der Waals surface area contributed by atoms with E-state index in [0.717, 1.165) is 19.5 Å². The number of carbonyl (C=O) groups excluding carboxylic acids is 1. The molecule has 1 N–H and O–H groups in total. The van der Waals surface area contributed by atoms with Crippen molar-refractivity contribution >= 4 is 16.7 Å². The summed E-state index contributed by atoms with van der Waals surface area (Å²) in [5.74, 6) is 0.837. The van der Waals surface area contributed by atoms with E-state index in [1.54, 1.807) is 6.26 Å². The van der Waals surface area contributed by atoms with Crippen LogP contribution in [0.25, 0.3) is 0 Å². The number of piperazine rings is 1. The third-order valence-electron chi connectivity index (χ3n) is 2.48. The molecule has 1 amide bonds. The number of hydrogen-bond acceptors (Lipinski definition) is 3. The minimum Gasteiger partial charge on any atom is -0.338 e. The minimum atomic E-state index is -0.755. The predicted molar refractivity (Wildman–Crippen MR) is 57.6 cm³/mol. The highest BCUT2D eigenvalue weighted by molar-refractivity contribution is 7.84. The van der Waals surface area contributed by atoms with Gasteiger partial charge in [-0.25, -0.2) is 0 Å². The number of nitrogens with zero attached hydrogens (tertiary/aromatic N) is 1. The molecule has 1 aliphatic rings. The van der Waals surface area contributed by atoms with Gasteiger partial charge in [-0.2, -0.15) is 0 Å². The van der Waals surface area contributed by atoms with E-state index in [1.807, 2.05) is 11.8 Å². The van der Waals surface area contributed by atoms with Crippen molar-refractivity contribution in [3.05, 3.63) is 0 Å². The maximum Gasteiger partial charge on any atom is 0.236 e. The Bertz CT molecular complexity index is 233. The monoisotopic (exact) mass is 218 g/mol. The van der Waals surface area contributed by atoms with E-state index in [4.69, 9.17) is 0 Å². The van der Waals surface area contributed by atoms with Crippen molar-refractivity contribution in [2.75, 3.05) is 31.6 Å². The van der Waals surface area contributed by atoms with E-state index in [0.29, 0.717) is 12.3 Å². The Morgan fingerprint density at radius 1 is 1.64 bits per heavy atom. The van der Waals surface area contributed by atoms with Gasteiger partial charge in [0.25, 0.3) is 0 Å². The zero-order valence-corrected chi connectivity index (χ0v) is 9.60. The van der Waals surface area contributed by atoms with Crippen molar-refractivity contribution in [2.45, 2.75) is 19.4 Å². The molecule has 1 heterocycles. The molecule has 14 heavy (non-hydrogen) atoms. The standard InChI is InChI=1S/C9H18N2O2S/c1-8(3-6-14(2)13)11-5-4-10-7-9(11)12/h8,10H,3-7H2,1-2H3. The lowest BCUT2D eigenvalue weighted by Gasteiger charge is -2.32. The van der Waals surface area contributed by atoms with Crippen LogP contribution >= 0.6 is 0 Å². The number of hydrogen-bond donors (Lipinski definition) is 1. The average molecular weight is 218 g/mol. The number of rotatable bonds is 4. The third-order valence-corrected chi connectivity index (χ3v) is 3.29. The smallest absolute Gasteiger partial charge is 0.236 e. The summed E-state index contributed by atoms with van der Waals surface area (Å²) in [6, 6.07) is 0.216. The first kappa shape index (κ1) is 11.7. The lowest BCUT2D eigenvalue weighted by atomic mass is 10.2. The van der Waals surface area contributed by atoms with Crippen LogP contribution in [0.1, 0.15) is 13.3 Å². The highest BCUT2D eigenvalue weighted by atomic mass is 32.2. The van der Waals surface area contributed by atoms with Gasteiger partial charge in [-0.05, 0) is 13.3 Å². The van der Waals surface area contributed by atoms with Gasteiger partial charge in [-0.1, -0.05) is 0 Å². The lowest BCUT2D eigenvalue weighted by molar-refractivity contribution is -0.134. The fraction of sp³-hybridized carbons (Fsp3) is 0.889. The molecule has 0 aromatic carbocycles. The molecule has 0 spiro atoms. The average Bonchev–Trinajstić information content (AvgIpc) is 2.15. The number of carbonyl (C=O) groups is 1. The molecule has 1 fully saturated rings. The van der Waals surface area contributed by atoms with Gasteiger partial charge in [-0.15, -0.1) is 0 Å². The molecule has 1 rings (SSSR count). The topological polar surface area (TPSA) is 49.4 Å². The maximum absolute atomic E-state index is 11.5. The Kier molecular flexibility index (Phi) is 4.54. The fourth-order valence-corrected chi connectivity index (χ4v) is 2.25. The highest BCUT2D eigenvalue weighted by Gasteiger charge is 2.22. The zero-order valence-electron chi connectivity index (χ0n) is 8.78. The molecule has 0 aliphatic carbocycles. The highest BCUT2D eigenvalue weighted by Crippen LogP contribution is 2.06. The van der Waals surface area contributed by atoms with Gasteiger partial charge >= 0.3 is 0 Å². The van der Waals surface area contributed by atoms with Gasteiger partial charge in [0.05, 0.1) is 6.54 Å². The first-order valence-electron chi connectivity index (χ1n) is 4.91. The quantitative estimate of drug-likeness (QED) is 0.697. The van der Waals surface area contributed by atoms with Crippen molar-refractivity contribution in [3.63, 3.8) is 0 Å². The molecule has 82 valence electrons. The SMILES string of the molecule is CC(CCS(C)=O)N1CCNCC1=O. The summed E-state index contributed by atoms with van der Waals surface area (Å²) in [5, 5.41) is 3.03. The molecule has 2 atom stereocenters. The van der Waals surface area contributed by atoms with Crippen LogP contribution in [-0.2, 0) is 15.6 Å². The van der Waals surface area contributed by atoms with Gasteiger partial charge in [-0.3, -0.25) is 9.00 Å². The summed E-state index contributed by atoms with van der Waals surface area (Å²) < 4.78 is 10.9. The molecule has 0 radical (unpaired) electrons. The van der Waals surface area contributed by atoms with Gasteiger partial charge in [0.15, 0.2) is 0 Å². The van der Waals surface area contributed by atoms with Crippen LogP contribution in [0.3, 0.4) is 0 Å².